The second-order valence-electron chi connectivity index (χ2n) is 5.93. The summed E-state index contributed by atoms with van der Waals surface area (Å²) in [7, 11) is 1.28. The molecule has 0 radical (unpaired) electrons. The molecular weight excluding hydrogens is 340 g/mol. The Morgan fingerprint density at radius 2 is 1.84 bits per heavy atom. The molecule has 0 bridgehead atoms. The van der Waals surface area contributed by atoms with E-state index < -0.39 is 12.3 Å². The number of hydrogen-bond acceptors (Lipinski definition) is 4. The average molecular weight is 359 g/mol. The molecule has 1 unspecified atom stereocenters. The van der Waals surface area contributed by atoms with Crippen LogP contribution in [0.5, 0.6) is 0 Å². The van der Waals surface area contributed by atoms with Crippen LogP contribution in [0.1, 0.15) is 17.0 Å². The van der Waals surface area contributed by atoms with Crippen molar-refractivity contribution in [3.8, 4) is 0 Å². The van der Waals surface area contributed by atoms with Gasteiger partial charge in [-0.15, -0.1) is 0 Å². The van der Waals surface area contributed by atoms with E-state index in [9.17, 15) is 9.90 Å². The van der Waals surface area contributed by atoms with E-state index in [1.807, 2.05) is 48.5 Å². The Kier molecular flexibility index (Phi) is 5.41. The molecule has 0 aromatic heterocycles. The number of esters is 1. The largest absolute Gasteiger partial charge is 0.463 e. The predicted molar refractivity (Wildman–Crippen MR) is 95.0 cm³/mol. The minimum Gasteiger partial charge on any atom is -0.463 e. The van der Waals surface area contributed by atoms with E-state index in [0.29, 0.717) is 11.4 Å². The highest BCUT2D eigenvalue weighted by Crippen LogP contribution is 2.40. The third-order valence-electron chi connectivity index (χ3n) is 4.37. The van der Waals surface area contributed by atoms with E-state index in [1.165, 1.54) is 7.11 Å². The Hall–Kier alpha value is -2.30. The molecule has 3 atom stereocenters. The van der Waals surface area contributed by atoms with Crippen molar-refractivity contribution in [2.75, 3.05) is 7.11 Å². The van der Waals surface area contributed by atoms with Crippen LogP contribution < -0.4 is 0 Å². The molecule has 3 rings (SSSR count). The maximum absolute atomic E-state index is 11.9. The smallest absolute Gasteiger partial charge is 0.373 e. The van der Waals surface area contributed by atoms with E-state index in [-0.39, 0.29) is 17.6 Å². The first-order chi connectivity index (χ1) is 12.1. The maximum Gasteiger partial charge on any atom is 0.373 e. The summed E-state index contributed by atoms with van der Waals surface area (Å²) in [5.41, 5.74) is 1.91. The summed E-state index contributed by atoms with van der Waals surface area (Å²) >= 11 is 6.37. The number of rotatable bonds is 4. The number of carbonyl (C=O) groups excluding carboxylic acids is 1. The zero-order valence-corrected chi connectivity index (χ0v) is 14.5. The summed E-state index contributed by atoms with van der Waals surface area (Å²) in [6.45, 7) is 0. The third-order valence-corrected chi connectivity index (χ3v) is 4.72. The highest BCUT2D eigenvalue weighted by atomic mass is 35.5. The van der Waals surface area contributed by atoms with E-state index in [2.05, 4.69) is 0 Å². The fourth-order valence-corrected chi connectivity index (χ4v) is 3.38. The first-order valence-electron chi connectivity index (χ1n) is 8.03. The molecule has 0 fully saturated rings. The fraction of sp³-hybridized carbons (Fsp3) is 0.250. The van der Waals surface area contributed by atoms with Crippen LogP contribution in [0.2, 0.25) is 5.02 Å². The van der Waals surface area contributed by atoms with E-state index in [0.717, 1.165) is 11.1 Å². The predicted octanol–water partition coefficient (Wildman–Crippen LogP) is 3.69. The first kappa shape index (κ1) is 17.5. The van der Waals surface area contributed by atoms with Gasteiger partial charge in [0.15, 0.2) is 0 Å². The summed E-state index contributed by atoms with van der Waals surface area (Å²) in [6.07, 6.45) is 1.14. The number of benzene rings is 2. The zero-order chi connectivity index (χ0) is 17.8. The van der Waals surface area contributed by atoms with Gasteiger partial charge in [-0.05, 0) is 29.7 Å². The van der Waals surface area contributed by atoms with E-state index in [1.54, 1.807) is 12.1 Å². The van der Waals surface area contributed by atoms with Crippen LogP contribution in [0.25, 0.3) is 0 Å². The maximum atomic E-state index is 11.9. The number of aliphatic hydroxyl groups is 1. The van der Waals surface area contributed by atoms with Gasteiger partial charge in [-0.1, -0.05) is 60.1 Å². The molecular formula is C20H19ClO4. The summed E-state index contributed by atoms with van der Waals surface area (Å²) in [4.78, 5) is 11.9. The number of ether oxygens (including phenoxy) is 2. The van der Waals surface area contributed by atoms with Crippen molar-refractivity contribution in [1.29, 1.82) is 0 Å². The average Bonchev–Trinajstić information content (AvgIpc) is 2.64. The van der Waals surface area contributed by atoms with Gasteiger partial charge in [0.2, 0.25) is 12.0 Å². The lowest BCUT2D eigenvalue weighted by atomic mass is 9.80. The Morgan fingerprint density at radius 3 is 2.52 bits per heavy atom. The summed E-state index contributed by atoms with van der Waals surface area (Å²) in [6, 6.07) is 17.3. The Bertz CT molecular complexity index is 772. The number of hydrogen-bond donors (Lipinski definition) is 1. The Labute approximate surface area is 151 Å². The first-order valence-corrected chi connectivity index (χ1v) is 8.41. The van der Waals surface area contributed by atoms with Crippen molar-refractivity contribution in [2.24, 2.45) is 5.92 Å². The van der Waals surface area contributed by atoms with Crippen molar-refractivity contribution >= 4 is 17.6 Å². The van der Waals surface area contributed by atoms with E-state index >= 15 is 0 Å². The minimum absolute atomic E-state index is 0.00392. The lowest BCUT2D eigenvalue weighted by Crippen LogP contribution is -2.35. The van der Waals surface area contributed by atoms with Crippen LogP contribution in [-0.4, -0.2) is 24.5 Å². The van der Waals surface area contributed by atoms with Gasteiger partial charge in [0.25, 0.3) is 0 Å². The van der Waals surface area contributed by atoms with E-state index in [4.69, 9.17) is 21.1 Å². The van der Waals surface area contributed by atoms with Gasteiger partial charge in [0.05, 0.1) is 7.11 Å². The summed E-state index contributed by atoms with van der Waals surface area (Å²) < 4.78 is 10.1. The van der Waals surface area contributed by atoms with Crippen LogP contribution in [0, 0.1) is 5.92 Å². The molecule has 0 amide bonds. The second-order valence-corrected chi connectivity index (χ2v) is 6.34. The summed E-state index contributed by atoms with van der Waals surface area (Å²) in [5.74, 6) is -1.17. The molecule has 4 nitrogen and oxygen atoms in total. The number of aliphatic hydroxyl groups excluding tert-OH is 1. The van der Waals surface area contributed by atoms with Crippen molar-refractivity contribution < 1.29 is 19.4 Å². The van der Waals surface area contributed by atoms with Crippen LogP contribution >= 0.6 is 11.6 Å². The van der Waals surface area contributed by atoms with Crippen LogP contribution in [0.3, 0.4) is 0 Å². The molecule has 25 heavy (non-hydrogen) atoms. The van der Waals surface area contributed by atoms with Gasteiger partial charge in [0, 0.05) is 16.9 Å². The molecule has 0 saturated heterocycles. The fourth-order valence-electron chi connectivity index (χ4n) is 3.12. The van der Waals surface area contributed by atoms with Crippen molar-refractivity contribution in [3.05, 3.63) is 82.6 Å². The number of methoxy groups -OCH3 is 1. The van der Waals surface area contributed by atoms with Crippen molar-refractivity contribution in [1.82, 2.24) is 0 Å². The monoisotopic (exact) mass is 358 g/mol. The van der Waals surface area contributed by atoms with Crippen molar-refractivity contribution in [3.63, 3.8) is 0 Å². The molecule has 5 heteroatoms. The van der Waals surface area contributed by atoms with Gasteiger partial charge >= 0.3 is 5.97 Å². The molecule has 1 N–H and O–H groups in total. The van der Waals surface area contributed by atoms with Gasteiger partial charge in [-0.25, -0.2) is 4.79 Å². The molecule has 130 valence electrons. The number of carbonyl (C=O) groups is 1. The molecule has 1 aliphatic rings. The standard InChI is InChI=1S/C20H19ClO4/c1-24-20(23)18-12-15(14-9-5-6-10-17(14)21)16(19(22)25-18)11-13-7-3-2-4-8-13/h2-10,12,15-16,19,22H,11H2,1H3/t15-,16-,19?/m1/s1. The lowest BCUT2D eigenvalue weighted by molar-refractivity contribution is -0.157. The topological polar surface area (TPSA) is 55.8 Å². The highest BCUT2D eigenvalue weighted by Gasteiger charge is 2.37. The quantitative estimate of drug-likeness (QED) is 0.847. The van der Waals surface area contributed by atoms with Gasteiger partial charge in [-0.3, -0.25) is 0 Å². The van der Waals surface area contributed by atoms with Gasteiger partial charge in [-0.2, -0.15) is 0 Å². The SMILES string of the molecule is COC(=O)C1=C[C@H](c2ccccc2Cl)[C@@H](Cc2ccccc2)C(O)O1. The molecule has 1 aliphatic heterocycles. The third kappa shape index (κ3) is 3.86. The van der Waals surface area contributed by atoms with Gasteiger partial charge < -0.3 is 14.6 Å². The molecule has 0 spiro atoms. The normalized spacial score (nSPS) is 22.7. The van der Waals surface area contributed by atoms with Crippen LogP contribution in [-0.2, 0) is 20.7 Å². The number of allylic oxidation sites excluding steroid dienone is 1. The van der Waals surface area contributed by atoms with Crippen molar-refractivity contribution in [2.45, 2.75) is 18.6 Å². The molecule has 1 heterocycles. The molecule has 0 saturated carbocycles. The molecule has 2 aromatic rings. The second kappa shape index (κ2) is 7.72. The summed E-state index contributed by atoms with van der Waals surface area (Å²) in [5, 5.41) is 11.1. The molecule has 2 aromatic carbocycles. The highest BCUT2D eigenvalue weighted by molar-refractivity contribution is 6.31. The Morgan fingerprint density at radius 1 is 1.16 bits per heavy atom. The van der Waals surface area contributed by atoms with Gasteiger partial charge in [0.1, 0.15) is 0 Å². The van der Waals surface area contributed by atoms with Crippen LogP contribution in [0.15, 0.2) is 66.4 Å². The minimum atomic E-state index is -1.14. The Balaban J connectivity index is 2.01. The molecule has 0 aliphatic carbocycles. The van der Waals surface area contributed by atoms with Crippen LogP contribution in [0.4, 0.5) is 0 Å². The zero-order valence-electron chi connectivity index (χ0n) is 13.8. The lowest BCUT2D eigenvalue weighted by Gasteiger charge is -2.34. The number of halogens is 1.